The fraction of sp³-hybridized carbons (Fsp3) is 0.294. The molecule has 114 valence electrons. The van der Waals surface area contributed by atoms with Gasteiger partial charge in [0.25, 0.3) is 5.91 Å². The van der Waals surface area contributed by atoms with Crippen molar-refractivity contribution in [2.45, 2.75) is 19.3 Å². The number of hydrogen-bond acceptors (Lipinski definition) is 2. The SMILES string of the molecule is O=C(NCC1CC=CCC1)c1cncn1-c1ccc(F)cc1. The molecule has 1 amide bonds. The lowest BCUT2D eigenvalue weighted by molar-refractivity contribution is 0.0939. The Morgan fingerprint density at radius 3 is 2.86 bits per heavy atom. The van der Waals surface area contributed by atoms with Crippen molar-refractivity contribution in [2.24, 2.45) is 5.92 Å². The minimum absolute atomic E-state index is 0.156. The van der Waals surface area contributed by atoms with Crippen LogP contribution in [-0.4, -0.2) is 22.0 Å². The molecule has 0 aliphatic heterocycles. The van der Waals surface area contributed by atoms with E-state index in [1.165, 1.54) is 18.3 Å². The first-order valence-corrected chi connectivity index (χ1v) is 7.45. The number of benzene rings is 1. The average molecular weight is 299 g/mol. The summed E-state index contributed by atoms with van der Waals surface area (Å²) in [5.41, 5.74) is 1.17. The number of allylic oxidation sites excluding steroid dienone is 2. The van der Waals surface area contributed by atoms with Gasteiger partial charge in [0.2, 0.25) is 0 Å². The Labute approximate surface area is 128 Å². The van der Waals surface area contributed by atoms with Gasteiger partial charge in [-0.15, -0.1) is 0 Å². The van der Waals surface area contributed by atoms with E-state index in [1.807, 2.05) is 0 Å². The largest absolute Gasteiger partial charge is 0.350 e. The molecule has 1 unspecified atom stereocenters. The monoisotopic (exact) mass is 299 g/mol. The second-order valence-electron chi connectivity index (χ2n) is 5.49. The molecule has 1 aromatic heterocycles. The van der Waals surface area contributed by atoms with E-state index in [0.29, 0.717) is 23.8 Å². The van der Waals surface area contributed by atoms with E-state index in [4.69, 9.17) is 0 Å². The number of imidazole rings is 1. The second-order valence-corrected chi connectivity index (χ2v) is 5.49. The molecule has 4 nitrogen and oxygen atoms in total. The van der Waals surface area contributed by atoms with Gasteiger partial charge in [0.15, 0.2) is 0 Å². The standard InChI is InChI=1S/C17H18FN3O/c18-14-6-8-15(9-7-14)21-12-19-11-16(21)17(22)20-10-13-4-2-1-3-5-13/h1-2,6-9,11-13H,3-5,10H2,(H,20,22). The highest BCUT2D eigenvalue weighted by Crippen LogP contribution is 2.17. The summed E-state index contributed by atoms with van der Waals surface area (Å²) in [6, 6.07) is 5.98. The van der Waals surface area contributed by atoms with E-state index < -0.39 is 0 Å². The maximum atomic E-state index is 13.0. The summed E-state index contributed by atoms with van der Waals surface area (Å²) in [5.74, 6) is 0.0349. The number of hydrogen-bond donors (Lipinski definition) is 1. The van der Waals surface area contributed by atoms with Crippen LogP contribution < -0.4 is 5.32 Å². The van der Waals surface area contributed by atoms with Gasteiger partial charge in [-0.1, -0.05) is 12.2 Å². The van der Waals surface area contributed by atoms with Crippen LogP contribution in [0.25, 0.3) is 5.69 Å². The Morgan fingerprint density at radius 1 is 1.32 bits per heavy atom. The minimum atomic E-state index is -0.305. The molecule has 5 heteroatoms. The van der Waals surface area contributed by atoms with Crippen LogP contribution in [0.4, 0.5) is 4.39 Å². The number of halogens is 1. The van der Waals surface area contributed by atoms with Crippen molar-refractivity contribution in [3.63, 3.8) is 0 Å². The van der Waals surface area contributed by atoms with Gasteiger partial charge in [-0.25, -0.2) is 9.37 Å². The van der Waals surface area contributed by atoms with Crippen LogP contribution in [0, 0.1) is 11.7 Å². The molecule has 1 aliphatic carbocycles. The molecule has 0 bridgehead atoms. The molecule has 22 heavy (non-hydrogen) atoms. The number of rotatable bonds is 4. The molecule has 1 atom stereocenters. The molecule has 0 saturated heterocycles. The zero-order chi connectivity index (χ0) is 15.4. The van der Waals surface area contributed by atoms with Crippen molar-refractivity contribution in [3.05, 3.63) is 60.5 Å². The Balaban J connectivity index is 1.69. The summed E-state index contributed by atoms with van der Waals surface area (Å²) in [6.07, 6.45) is 10.6. The van der Waals surface area contributed by atoms with Gasteiger partial charge in [-0.05, 0) is 49.4 Å². The lowest BCUT2D eigenvalue weighted by Crippen LogP contribution is -2.31. The van der Waals surface area contributed by atoms with Crippen LogP contribution in [0.5, 0.6) is 0 Å². The number of nitrogens with zero attached hydrogens (tertiary/aromatic N) is 2. The van der Waals surface area contributed by atoms with Crippen LogP contribution in [0.3, 0.4) is 0 Å². The summed E-state index contributed by atoms with van der Waals surface area (Å²) < 4.78 is 14.7. The quantitative estimate of drug-likeness (QED) is 0.882. The first-order chi connectivity index (χ1) is 10.7. The van der Waals surface area contributed by atoms with Crippen molar-refractivity contribution >= 4 is 5.91 Å². The molecule has 1 N–H and O–H groups in total. The van der Waals surface area contributed by atoms with Gasteiger partial charge in [0, 0.05) is 12.2 Å². The highest BCUT2D eigenvalue weighted by atomic mass is 19.1. The highest BCUT2D eigenvalue weighted by Gasteiger charge is 2.16. The van der Waals surface area contributed by atoms with Gasteiger partial charge in [-0.3, -0.25) is 9.36 Å². The fourth-order valence-corrected chi connectivity index (χ4v) is 2.64. The first kappa shape index (κ1) is 14.5. The summed E-state index contributed by atoms with van der Waals surface area (Å²) in [5, 5.41) is 2.97. The second kappa shape index (κ2) is 6.56. The third-order valence-corrected chi connectivity index (χ3v) is 3.90. The van der Waals surface area contributed by atoms with E-state index >= 15 is 0 Å². The third kappa shape index (κ3) is 3.24. The third-order valence-electron chi connectivity index (χ3n) is 3.90. The fourth-order valence-electron chi connectivity index (χ4n) is 2.64. The molecule has 1 heterocycles. The van der Waals surface area contributed by atoms with E-state index in [9.17, 15) is 9.18 Å². The Hall–Kier alpha value is -2.43. The van der Waals surface area contributed by atoms with Crippen LogP contribution in [-0.2, 0) is 0 Å². The lowest BCUT2D eigenvalue weighted by atomic mass is 9.94. The summed E-state index contributed by atoms with van der Waals surface area (Å²) in [4.78, 5) is 16.4. The Morgan fingerprint density at radius 2 is 2.14 bits per heavy atom. The zero-order valence-electron chi connectivity index (χ0n) is 12.2. The van der Waals surface area contributed by atoms with Crippen molar-refractivity contribution in [3.8, 4) is 5.69 Å². The predicted molar refractivity (Wildman–Crippen MR) is 82.3 cm³/mol. The van der Waals surface area contributed by atoms with Gasteiger partial charge in [0.05, 0.1) is 12.5 Å². The lowest BCUT2D eigenvalue weighted by Gasteiger charge is -2.18. The molecule has 1 aromatic carbocycles. The summed E-state index contributed by atoms with van der Waals surface area (Å²) in [7, 11) is 0. The van der Waals surface area contributed by atoms with Crippen LogP contribution in [0.15, 0.2) is 48.9 Å². The minimum Gasteiger partial charge on any atom is -0.350 e. The number of nitrogens with one attached hydrogen (secondary N) is 1. The van der Waals surface area contributed by atoms with Crippen molar-refractivity contribution in [2.75, 3.05) is 6.54 Å². The van der Waals surface area contributed by atoms with E-state index in [-0.39, 0.29) is 11.7 Å². The maximum Gasteiger partial charge on any atom is 0.269 e. The van der Waals surface area contributed by atoms with Crippen LogP contribution in [0.1, 0.15) is 29.8 Å². The van der Waals surface area contributed by atoms with Gasteiger partial charge < -0.3 is 5.32 Å². The van der Waals surface area contributed by atoms with E-state index in [0.717, 1.165) is 19.3 Å². The smallest absolute Gasteiger partial charge is 0.269 e. The number of amides is 1. The molecule has 3 rings (SSSR count). The molecule has 0 spiro atoms. The van der Waals surface area contributed by atoms with E-state index in [1.54, 1.807) is 23.0 Å². The summed E-state index contributed by atoms with van der Waals surface area (Å²) >= 11 is 0. The number of carbonyl (C=O) groups is 1. The summed E-state index contributed by atoms with van der Waals surface area (Å²) in [6.45, 7) is 0.664. The van der Waals surface area contributed by atoms with Gasteiger partial charge in [-0.2, -0.15) is 0 Å². The molecule has 2 aromatic rings. The maximum absolute atomic E-state index is 13.0. The van der Waals surface area contributed by atoms with Gasteiger partial charge >= 0.3 is 0 Å². The molecular formula is C17H18FN3O. The van der Waals surface area contributed by atoms with Crippen LogP contribution in [0.2, 0.25) is 0 Å². The van der Waals surface area contributed by atoms with Crippen molar-refractivity contribution < 1.29 is 9.18 Å². The molecule has 0 fully saturated rings. The molecule has 1 aliphatic rings. The Bertz CT molecular complexity index is 675. The van der Waals surface area contributed by atoms with Crippen LogP contribution >= 0.6 is 0 Å². The highest BCUT2D eigenvalue weighted by molar-refractivity contribution is 5.93. The molecular weight excluding hydrogens is 281 g/mol. The topological polar surface area (TPSA) is 46.9 Å². The van der Waals surface area contributed by atoms with Gasteiger partial charge in [0.1, 0.15) is 11.5 Å². The molecule has 0 radical (unpaired) electrons. The zero-order valence-corrected chi connectivity index (χ0v) is 12.2. The Kier molecular flexibility index (Phi) is 4.32. The first-order valence-electron chi connectivity index (χ1n) is 7.45. The van der Waals surface area contributed by atoms with Crippen molar-refractivity contribution in [1.29, 1.82) is 0 Å². The molecule has 0 saturated carbocycles. The normalized spacial score (nSPS) is 17.4. The average Bonchev–Trinajstić information content (AvgIpc) is 3.04. The van der Waals surface area contributed by atoms with Crippen molar-refractivity contribution in [1.82, 2.24) is 14.9 Å². The number of carbonyl (C=O) groups excluding carboxylic acids is 1. The van der Waals surface area contributed by atoms with E-state index in [2.05, 4.69) is 22.5 Å². The number of aromatic nitrogens is 2. The predicted octanol–water partition coefficient (Wildman–Crippen LogP) is 3.10.